The van der Waals surface area contributed by atoms with E-state index in [0.29, 0.717) is 130 Å². The summed E-state index contributed by atoms with van der Waals surface area (Å²) in [5.41, 5.74) is 10.8. The zero-order valence-corrected chi connectivity index (χ0v) is 84.5. The summed E-state index contributed by atoms with van der Waals surface area (Å²) in [6.45, 7) is 16.8. The largest absolute Gasteiger partial charge is 0.375 e. The summed E-state index contributed by atoms with van der Waals surface area (Å²) in [7, 11) is 1.61. The topological polar surface area (TPSA) is 507 Å². The van der Waals surface area contributed by atoms with E-state index < -0.39 is 0 Å². The summed E-state index contributed by atoms with van der Waals surface area (Å²) in [5.74, 6) is 2.35. The van der Waals surface area contributed by atoms with Crippen molar-refractivity contribution in [1.29, 1.82) is 0 Å². The Balaban J connectivity index is 0.000000125. The highest BCUT2D eigenvalue weighted by atomic mass is 16.5. The maximum Gasteiger partial charge on any atom is 0.274 e. The fraction of sp³-hybridized carbons (Fsp3) is 0.594. The van der Waals surface area contributed by atoms with Gasteiger partial charge in [-0.15, -0.1) is 0 Å². The molecule has 6 aromatic heterocycles. The lowest BCUT2D eigenvalue weighted by atomic mass is 9.98. The molecular formula is C106H145N25O14. The van der Waals surface area contributed by atoms with Crippen LogP contribution in [0.1, 0.15) is 327 Å². The van der Waals surface area contributed by atoms with Crippen LogP contribution in [0.5, 0.6) is 0 Å². The molecule has 8 aromatic rings. The average Bonchev–Trinajstić information content (AvgIpc) is 1.69. The Labute approximate surface area is 846 Å². The summed E-state index contributed by atoms with van der Waals surface area (Å²) in [5, 5.41) is 63.6. The van der Waals surface area contributed by atoms with Crippen LogP contribution in [0.3, 0.4) is 0 Å². The molecule has 13 fully saturated rings. The molecule has 9 atom stereocenters. The first-order chi connectivity index (χ1) is 70.2. The van der Waals surface area contributed by atoms with E-state index in [9.17, 15) is 62.3 Å². The molecule has 13 aliphatic rings. The number of nitrogens with zero attached hydrogens (tertiary/aromatic N) is 12. The molecule has 2 aromatic carbocycles. The lowest BCUT2D eigenvalue weighted by molar-refractivity contribution is -0.123. The number of benzene rings is 2. The molecule has 13 N–H and O–H groups in total. The van der Waals surface area contributed by atoms with Crippen molar-refractivity contribution < 1.29 is 67.1 Å². The van der Waals surface area contributed by atoms with Gasteiger partial charge in [0.15, 0.2) is 5.69 Å². The minimum Gasteiger partial charge on any atom is -0.375 e. The van der Waals surface area contributed by atoms with Gasteiger partial charge in [0.2, 0.25) is 41.4 Å². The SMILES string of the molecule is CC(=O)NC(C)c1cc(C(=O)N2CCC(NC(=O)C3CC3)C2)n[nH]1.CC(CCc1ccccc1)c1cc(C(=O)N2CCC(NC(=O)C3CC3)C2)n[nH]1.CCCCc1cc(C(=O)N2CCC(NC(=O)C3CC3)C2)n[nH]1.COC(C)c1cc(C(=O)N2CCC(NC(=O)C3CC3)C2)n[nH]1.O=C(NC1CCN(C(=O)c2cc(C3CCCC3)[nH]n2)C1)C1CC1.O=C(NC1CCN(C(=O)c2cc(CCc3ccccc3)[nH]n2)C1)C1CC1. The molecule has 12 heterocycles. The first-order valence-corrected chi connectivity index (χ1v) is 52.9. The molecule has 7 aliphatic carbocycles. The third-order valence-electron chi connectivity index (χ3n) is 29.6. The lowest BCUT2D eigenvalue weighted by Crippen LogP contribution is -2.39. The van der Waals surface area contributed by atoms with Gasteiger partial charge in [-0.1, -0.05) is 93.8 Å². The lowest BCUT2D eigenvalue weighted by Gasteiger charge is -2.16. The maximum atomic E-state index is 12.8. The fourth-order valence-corrected chi connectivity index (χ4v) is 19.4. The predicted molar refractivity (Wildman–Crippen MR) is 537 cm³/mol. The predicted octanol–water partition coefficient (Wildman–Crippen LogP) is 9.33. The number of aromatic amines is 6. The second-order valence-corrected chi connectivity index (χ2v) is 41.8. The highest BCUT2D eigenvalue weighted by Crippen LogP contribution is 2.37. The number of methoxy groups -OCH3 is 1. The van der Waals surface area contributed by atoms with Gasteiger partial charge in [-0.25, -0.2) is 0 Å². The van der Waals surface area contributed by atoms with Gasteiger partial charge >= 0.3 is 0 Å². The molecule has 145 heavy (non-hydrogen) atoms. The fourth-order valence-electron chi connectivity index (χ4n) is 19.4. The molecule has 7 saturated carbocycles. The number of nitrogens with one attached hydrogen (secondary N) is 13. The molecule has 39 nitrogen and oxygen atoms in total. The van der Waals surface area contributed by atoms with Gasteiger partial charge in [0.1, 0.15) is 28.5 Å². The van der Waals surface area contributed by atoms with E-state index in [1.54, 1.807) is 43.7 Å². The van der Waals surface area contributed by atoms with Crippen molar-refractivity contribution >= 4 is 76.8 Å². The highest BCUT2D eigenvalue weighted by Gasteiger charge is 2.42. The third kappa shape index (κ3) is 30.2. The number of ether oxygens (including phenoxy) is 1. The van der Waals surface area contributed by atoms with Gasteiger partial charge in [0.25, 0.3) is 35.4 Å². The first-order valence-electron chi connectivity index (χ1n) is 52.9. The molecule has 0 spiro atoms. The number of aryl methyl sites for hydroxylation is 4. The number of unbranched alkanes of at least 4 members (excludes halogenated alkanes) is 1. The van der Waals surface area contributed by atoms with E-state index in [1.165, 1.54) is 43.7 Å². The Hall–Kier alpha value is -13.2. The number of rotatable bonds is 33. The van der Waals surface area contributed by atoms with Crippen LogP contribution in [0.25, 0.3) is 0 Å². The van der Waals surface area contributed by atoms with Gasteiger partial charge < -0.3 is 71.4 Å². The van der Waals surface area contributed by atoms with Gasteiger partial charge in [0, 0.05) is 193 Å². The van der Waals surface area contributed by atoms with Crippen LogP contribution in [0.4, 0.5) is 0 Å². The minimum absolute atomic E-state index is 0.0198. The number of likely N-dealkylation sites (tertiary alicyclic amines) is 6. The van der Waals surface area contributed by atoms with Crippen molar-refractivity contribution in [2.24, 2.45) is 35.5 Å². The minimum atomic E-state index is -0.235. The summed E-state index contributed by atoms with van der Waals surface area (Å²) in [6, 6.07) is 31.8. The Bertz CT molecular complexity index is 5760. The van der Waals surface area contributed by atoms with Gasteiger partial charge in [-0.05, 0) is 234 Å². The van der Waals surface area contributed by atoms with E-state index in [2.05, 4.69) is 149 Å². The van der Waals surface area contributed by atoms with Crippen molar-refractivity contribution in [3.63, 3.8) is 0 Å². The summed E-state index contributed by atoms with van der Waals surface area (Å²) in [4.78, 5) is 168. The van der Waals surface area contributed by atoms with Crippen LogP contribution in [-0.4, -0.2) is 289 Å². The van der Waals surface area contributed by atoms with Crippen LogP contribution in [0.2, 0.25) is 0 Å². The van der Waals surface area contributed by atoms with Crippen molar-refractivity contribution in [1.82, 2.24) is 128 Å². The highest BCUT2D eigenvalue weighted by molar-refractivity contribution is 5.96. The van der Waals surface area contributed by atoms with Crippen LogP contribution in [-0.2, 0) is 64.0 Å². The number of aromatic nitrogens is 12. The zero-order valence-electron chi connectivity index (χ0n) is 84.5. The monoisotopic (exact) mass is 1990 g/mol. The van der Waals surface area contributed by atoms with Gasteiger partial charge in [-0.3, -0.25) is 92.9 Å². The first kappa shape index (κ1) is 105. The van der Waals surface area contributed by atoms with Gasteiger partial charge in [-0.2, -0.15) is 30.6 Å². The number of carbonyl (C=O) groups excluding carboxylic acids is 13. The maximum absolute atomic E-state index is 12.8. The van der Waals surface area contributed by atoms with E-state index in [-0.39, 0.29) is 161 Å². The second-order valence-electron chi connectivity index (χ2n) is 41.8. The van der Waals surface area contributed by atoms with E-state index in [0.717, 1.165) is 189 Å². The molecule has 13 amide bonds. The Morgan fingerprint density at radius 1 is 0.345 bits per heavy atom. The molecule has 6 saturated heterocycles. The van der Waals surface area contributed by atoms with Crippen LogP contribution >= 0.6 is 0 Å². The van der Waals surface area contributed by atoms with E-state index in [4.69, 9.17) is 4.74 Å². The standard InChI is InChI=1S/C22H28N4O2.C20H24N4O2.C17H24N4O2.C16H23N5O3.C16H24N4O2.C15H22N4O3/c1-15(7-8-16-5-3-2-4-6-16)19-13-20(25-24-19)22(28)26-12-11-18(14-26)23-21(27)17-9-10-17;25-19(15-7-8-15)21-17-10-11-24(13-17)20(26)18-12-16(22-23-18)9-6-14-4-2-1-3-5-14;22-16(12-5-6-12)18-13-7-8-21(10-13)17(23)15-9-14(19-20-15)11-3-1-2-4-11;1-9(17-10(2)22)13-7-14(20-19-13)16(24)21-6-5-12(8-21)18-15(23)11-3-4-11;1-2-3-4-12-9-14(19-18-12)16(22)20-8-7-13(10-20)17-15(21)11-5-6-11;1-9(22-2)12-7-13(18-17-12)15(21)19-6-5-11(8-19)16-14(20)10-3-4-10/h2-6,13,15,17-18H,7-12,14H2,1H3,(H,23,27)(H,24,25);1-5,12,15,17H,6-11,13H2,(H,21,25)(H,22,23);9,11-13H,1-8,10H2,(H,18,22)(H,19,20);7,9,11-12H,3-6,8H2,1-2H3,(H,17,22)(H,18,23)(H,19,20);9,11,13H,2-8,10H2,1H3,(H,17,21)(H,18,19);7,9-11H,3-6,8H2,1-2H3,(H,16,20)(H,17,18). The van der Waals surface area contributed by atoms with Crippen molar-refractivity contribution in [2.45, 2.75) is 281 Å². The van der Waals surface area contributed by atoms with Crippen LogP contribution < -0.4 is 37.2 Å². The summed E-state index contributed by atoms with van der Waals surface area (Å²) in [6.07, 6.45) is 28.5. The number of carbonyl (C=O) groups is 13. The molecule has 0 bridgehead atoms. The summed E-state index contributed by atoms with van der Waals surface area (Å²) >= 11 is 0. The molecule has 6 aliphatic heterocycles. The van der Waals surface area contributed by atoms with Gasteiger partial charge in [0.05, 0.1) is 23.5 Å². The van der Waals surface area contributed by atoms with E-state index in [1.807, 2.05) is 67.3 Å². The third-order valence-corrected chi connectivity index (χ3v) is 29.6. The number of hydrogen-bond acceptors (Lipinski definition) is 20. The molecule has 21 rings (SSSR count). The summed E-state index contributed by atoms with van der Waals surface area (Å²) < 4.78 is 5.20. The Kier molecular flexibility index (Phi) is 35.8. The van der Waals surface area contributed by atoms with Crippen LogP contribution in [0, 0.1) is 35.5 Å². The van der Waals surface area contributed by atoms with E-state index >= 15 is 0 Å². The van der Waals surface area contributed by atoms with Crippen LogP contribution in [0.15, 0.2) is 97.1 Å². The van der Waals surface area contributed by atoms with Crippen molar-refractivity contribution in [3.05, 3.63) is 177 Å². The number of hydrogen-bond donors (Lipinski definition) is 13. The normalized spacial score (nSPS) is 21.6. The average molecular weight is 1990 g/mol. The molecule has 0 radical (unpaired) electrons. The molecular weight excluding hydrogens is 1850 g/mol. The van der Waals surface area contributed by atoms with Crippen molar-refractivity contribution in [3.8, 4) is 0 Å². The Morgan fingerprint density at radius 3 is 0.979 bits per heavy atom. The number of H-pyrrole nitrogens is 6. The molecule has 39 heteroatoms. The Morgan fingerprint density at radius 2 is 0.641 bits per heavy atom. The smallest absolute Gasteiger partial charge is 0.274 e. The molecule has 778 valence electrons. The number of amides is 13. The quantitative estimate of drug-likeness (QED) is 0.0182. The zero-order chi connectivity index (χ0) is 102. The van der Waals surface area contributed by atoms with Crippen molar-refractivity contribution in [2.75, 3.05) is 85.6 Å². The molecule has 9 unspecified atom stereocenters. The second kappa shape index (κ2) is 49.6.